The summed E-state index contributed by atoms with van der Waals surface area (Å²) in [6.07, 6.45) is 0. The Hall–Kier alpha value is -4.04. The highest BCUT2D eigenvalue weighted by Crippen LogP contribution is 2.53. The molecule has 6 nitrogen and oxygen atoms in total. The highest BCUT2D eigenvalue weighted by atomic mass is 32.1. The van der Waals surface area contributed by atoms with Crippen molar-refractivity contribution in [3.63, 3.8) is 0 Å². The van der Waals surface area contributed by atoms with E-state index >= 15 is 0 Å². The fourth-order valence-electron chi connectivity index (χ4n) is 5.31. The third-order valence-electron chi connectivity index (χ3n) is 6.92. The number of hydrogen-bond acceptors (Lipinski definition) is 5. The summed E-state index contributed by atoms with van der Waals surface area (Å²) in [6, 6.07) is 17.5. The second-order valence-corrected chi connectivity index (χ2v) is 10.2. The van der Waals surface area contributed by atoms with Gasteiger partial charge >= 0.3 is 0 Å². The van der Waals surface area contributed by atoms with Crippen LogP contribution in [0.5, 0.6) is 0 Å². The average Bonchev–Trinajstić information content (AvgIpc) is 3.60. The number of Topliss-reactive ketones (excluding diaryl/α,β-unsaturated/α-hetero) is 1. The van der Waals surface area contributed by atoms with Gasteiger partial charge in [-0.1, -0.05) is 30.3 Å². The van der Waals surface area contributed by atoms with Crippen LogP contribution in [0.1, 0.15) is 54.6 Å². The minimum atomic E-state index is -1.12. The van der Waals surface area contributed by atoms with Crippen LogP contribution in [0.3, 0.4) is 0 Å². The van der Waals surface area contributed by atoms with E-state index in [1.54, 1.807) is 19.1 Å². The van der Waals surface area contributed by atoms with Crippen molar-refractivity contribution in [3.05, 3.63) is 117 Å². The van der Waals surface area contributed by atoms with Crippen molar-refractivity contribution in [1.29, 1.82) is 0 Å². The molecule has 1 saturated heterocycles. The third kappa shape index (κ3) is 4.38. The summed E-state index contributed by atoms with van der Waals surface area (Å²) in [5, 5.41) is 1.89. The van der Waals surface area contributed by atoms with Crippen LogP contribution < -0.4 is 5.73 Å². The van der Waals surface area contributed by atoms with E-state index in [2.05, 4.69) is 0 Å². The van der Waals surface area contributed by atoms with Crippen molar-refractivity contribution in [3.8, 4) is 0 Å². The number of nitrogens with two attached hydrogens (primary N) is 1. The lowest BCUT2D eigenvalue weighted by atomic mass is 9.79. The molecule has 0 bridgehead atoms. The second-order valence-electron chi connectivity index (χ2n) is 9.22. The minimum absolute atomic E-state index is 0.155. The zero-order valence-corrected chi connectivity index (χ0v) is 21.1. The smallest absolute Gasteiger partial charge is 0.255 e. The topological polar surface area (TPSA) is 93.6 Å². The number of carbonyl (C=O) groups excluding carboxylic acids is 3. The predicted octanol–water partition coefficient (Wildman–Crippen LogP) is 5.43. The number of thiophene rings is 1. The largest absolute Gasteiger partial charge is 0.458 e. The Balaban J connectivity index is 1.76. The molecule has 188 valence electrons. The lowest BCUT2D eigenvalue weighted by molar-refractivity contribution is -0.122. The van der Waals surface area contributed by atoms with Gasteiger partial charge in [0.25, 0.3) is 5.91 Å². The van der Waals surface area contributed by atoms with E-state index in [4.69, 9.17) is 10.2 Å². The van der Waals surface area contributed by atoms with Gasteiger partial charge in [-0.25, -0.2) is 4.39 Å². The number of aryl methyl sites for hydroxylation is 2. The third-order valence-corrected chi connectivity index (χ3v) is 8.04. The minimum Gasteiger partial charge on any atom is -0.458 e. The van der Waals surface area contributed by atoms with Gasteiger partial charge in [0.2, 0.25) is 11.7 Å². The fourth-order valence-corrected chi connectivity index (χ4v) is 6.41. The maximum atomic E-state index is 14.1. The molecule has 4 unspecified atom stereocenters. The molecule has 0 saturated carbocycles. The van der Waals surface area contributed by atoms with Crippen LogP contribution in [-0.4, -0.2) is 28.5 Å². The normalized spacial score (nSPS) is 21.2. The lowest BCUT2D eigenvalue weighted by Crippen LogP contribution is -2.46. The first-order valence-corrected chi connectivity index (χ1v) is 12.7. The van der Waals surface area contributed by atoms with Crippen LogP contribution in [0.4, 0.5) is 4.39 Å². The van der Waals surface area contributed by atoms with E-state index in [0.29, 0.717) is 11.3 Å². The first-order valence-electron chi connectivity index (χ1n) is 11.8. The number of halogens is 1. The standard InChI is InChI=1S/C29H25FN2O4S/c1-16-14-15-37-27(16)23-22(26(33)21-13-8-17(2)36-21)24(18-6-4-3-5-7-18)32(25(23)28(31)34)29(35)19-9-11-20(30)12-10-19/h3-15,22-25H,1-2H3,(H2,31,34). The van der Waals surface area contributed by atoms with Gasteiger partial charge in [0.15, 0.2) is 5.76 Å². The molecule has 0 radical (unpaired) electrons. The highest BCUT2D eigenvalue weighted by molar-refractivity contribution is 7.10. The summed E-state index contributed by atoms with van der Waals surface area (Å²) in [7, 11) is 0. The quantitative estimate of drug-likeness (QED) is 0.346. The summed E-state index contributed by atoms with van der Waals surface area (Å²) in [6.45, 7) is 3.65. The Bertz CT molecular complexity index is 1460. The summed E-state index contributed by atoms with van der Waals surface area (Å²) in [4.78, 5) is 43.5. The number of benzene rings is 2. The molecule has 1 aliphatic rings. The number of ketones is 1. The van der Waals surface area contributed by atoms with E-state index in [9.17, 15) is 18.8 Å². The predicted molar refractivity (Wildman–Crippen MR) is 138 cm³/mol. The van der Waals surface area contributed by atoms with E-state index in [1.165, 1.54) is 40.5 Å². The number of carbonyl (C=O) groups is 3. The van der Waals surface area contributed by atoms with Crippen LogP contribution in [0, 0.1) is 25.6 Å². The maximum Gasteiger partial charge on any atom is 0.255 e. The van der Waals surface area contributed by atoms with E-state index < -0.39 is 41.6 Å². The molecular weight excluding hydrogens is 491 g/mol. The summed E-state index contributed by atoms with van der Waals surface area (Å²) >= 11 is 1.42. The fraction of sp³-hybridized carbons (Fsp3) is 0.207. The summed E-state index contributed by atoms with van der Waals surface area (Å²) < 4.78 is 19.4. The summed E-state index contributed by atoms with van der Waals surface area (Å²) in [5.74, 6) is -2.87. The average molecular weight is 517 g/mol. The SMILES string of the molecule is Cc1ccc(C(=O)C2C(c3sccc3C)C(C(N)=O)N(C(=O)c3ccc(F)cc3)C2c2ccccc2)o1. The molecule has 2 amide bonds. The molecule has 1 fully saturated rings. The van der Waals surface area contributed by atoms with Crippen molar-refractivity contribution >= 4 is 28.9 Å². The Labute approximate surface area is 217 Å². The molecule has 2 aromatic carbocycles. The Morgan fingerprint density at radius 3 is 2.22 bits per heavy atom. The first-order chi connectivity index (χ1) is 17.8. The van der Waals surface area contributed by atoms with Crippen LogP contribution in [-0.2, 0) is 4.79 Å². The van der Waals surface area contributed by atoms with Crippen LogP contribution in [0.15, 0.2) is 82.6 Å². The van der Waals surface area contributed by atoms with E-state index in [1.807, 2.05) is 48.7 Å². The van der Waals surface area contributed by atoms with Gasteiger partial charge in [0.1, 0.15) is 17.6 Å². The molecule has 37 heavy (non-hydrogen) atoms. The van der Waals surface area contributed by atoms with Gasteiger partial charge in [-0.3, -0.25) is 14.4 Å². The molecule has 1 aliphatic heterocycles. The van der Waals surface area contributed by atoms with Gasteiger partial charge in [-0.15, -0.1) is 11.3 Å². The molecule has 2 aromatic heterocycles. The van der Waals surface area contributed by atoms with Gasteiger partial charge in [0, 0.05) is 16.4 Å². The lowest BCUT2D eigenvalue weighted by Gasteiger charge is -2.30. The van der Waals surface area contributed by atoms with Crippen molar-refractivity contribution in [2.24, 2.45) is 11.7 Å². The number of furan rings is 1. The molecule has 4 aromatic rings. The van der Waals surface area contributed by atoms with Crippen LogP contribution in [0.25, 0.3) is 0 Å². The van der Waals surface area contributed by atoms with E-state index in [0.717, 1.165) is 10.4 Å². The van der Waals surface area contributed by atoms with Crippen LogP contribution in [0.2, 0.25) is 0 Å². The molecule has 2 N–H and O–H groups in total. The van der Waals surface area contributed by atoms with Gasteiger partial charge in [0.05, 0.1) is 12.0 Å². The van der Waals surface area contributed by atoms with Crippen molar-refractivity contribution in [1.82, 2.24) is 4.90 Å². The monoisotopic (exact) mass is 516 g/mol. The van der Waals surface area contributed by atoms with Gasteiger partial charge in [-0.05, 0) is 72.8 Å². The van der Waals surface area contributed by atoms with Gasteiger partial charge < -0.3 is 15.1 Å². The number of rotatable bonds is 6. The molecule has 8 heteroatoms. The van der Waals surface area contributed by atoms with Crippen molar-refractivity contribution in [2.45, 2.75) is 31.8 Å². The zero-order chi connectivity index (χ0) is 26.3. The molecule has 0 aliphatic carbocycles. The first kappa shape index (κ1) is 24.6. The molecule has 0 spiro atoms. The number of hydrogen-bond donors (Lipinski definition) is 1. The Morgan fingerprint density at radius 1 is 0.946 bits per heavy atom. The molecule has 4 atom stereocenters. The van der Waals surface area contributed by atoms with E-state index in [-0.39, 0.29) is 17.1 Å². The van der Waals surface area contributed by atoms with Crippen molar-refractivity contribution < 1.29 is 23.2 Å². The molecule has 5 rings (SSSR count). The summed E-state index contributed by atoms with van der Waals surface area (Å²) in [5.41, 5.74) is 7.77. The number of primary amides is 1. The Kier molecular flexibility index (Phi) is 6.52. The Morgan fingerprint density at radius 2 is 1.65 bits per heavy atom. The number of amides is 2. The maximum absolute atomic E-state index is 14.1. The number of nitrogens with zero attached hydrogens (tertiary/aromatic N) is 1. The van der Waals surface area contributed by atoms with Crippen molar-refractivity contribution in [2.75, 3.05) is 0 Å². The second kappa shape index (κ2) is 9.78. The molecule has 3 heterocycles. The highest BCUT2D eigenvalue weighted by Gasteiger charge is 2.58. The zero-order valence-electron chi connectivity index (χ0n) is 20.3. The molecular formula is C29H25FN2O4S. The van der Waals surface area contributed by atoms with Gasteiger partial charge in [-0.2, -0.15) is 0 Å². The number of likely N-dealkylation sites (tertiary alicyclic amines) is 1. The van der Waals surface area contributed by atoms with Crippen LogP contribution >= 0.6 is 11.3 Å².